The number of carbonyl (C=O) groups excluding carboxylic acids is 2. The number of thiazole rings is 1. The zero-order valence-electron chi connectivity index (χ0n) is 16.3. The first-order valence-electron chi connectivity index (χ1n) is 9.41. The van der Waals surface area contributed by atoms with Gasteiger partial charge in [-0.3, -0.25) is 14.5 Å². The van der Waals surface area contributed by atoms with Gasteiger partial charge in [-0.1, -0.05) is 10.3 Å². The Bertz CT molecular complexity index is 1030. The van der Waals surface area contributed by atoms with Gasteiger partial charge in [0.2, 0.25) is 5.60 Å². The molecule has 2 fully saturated rings. The Morgan fingerprint density at radius 1 is 1.45 bits per heavy atom. The molecule has 15 heteroatoms. The van der Waals surface area contributed by atoms with Gasteiger partial charge in [0.15, 0.2) is 10.8 Å². The Morgan fingerprint density at radius 3 is 2.74 bits per heavy atom. The van der Waals surface area contributed by atoms with E-state index in [1.54, 1.807) is 6.92 Å². The van der Waals surface area contributed by atoms with Gasteiger partial charge in [-0.05, 0) is 25.0 Å². The average molecular weight is 449 g/mol. The van der Waals surface area contributed by atoms with Gasteiger partial charge in [-0.25, -0.2) is 9.78 Å². The van der Waals surface area contributed by atoms with Crippen molar-refractivity contribution in [2.75, 3.05) is 10.6 Å². The number of hydrogen-bond donors (Lipinski definition) is 4. The van der Waals surface area contributed by atoms with E-state index >= 15 is 0 Å². The lowest BCUT2D eigenvalue weighted by Crippen LogP contribution is -2.70. The molecule has 31 heavy (non-hydrogen) atoms. The maximum atomic E-state index is 13.0. The first-order chi connectivity index (χ1) is 14.8. The second-order valence-corrected chi connectivity index (χ2v) is 8.11. The lowest BCUT2D eigenvalue weighted by molar-refractivity contribution is -0.165. The minimum absolute atomic E-state index is 0.0946. The molecule has 2 aromatic rings. The molecule has 0 aromatic carbocycles. The van der Waals surface area contributed by atoms with Crippen LogP contribution in [0.5, 0.6) is 0 Å². The lowest BCUT2D eigenvalue weighted by atomic mass is 9.97. The number of carboxylic acids is 1. The number of aromatic amines is 1. The number of oxime groups is 1. The molecule has 3 heterocycles. The number of H-pyrrole nitrogens is 1. The molecule has 0 bridgehead atoms. The summed E-state index contributed by atoms with van der Waals surface area (Å²) < 4.78 is 0. The third-order valence-electron chi connectivity index (χ3n) is 5.32. The Hall–Kier alpha value is -3.62. The van der Waals surface area contributed by atoms with Gasteiger partial charge in [-0.15, -0.1) is 16.4 Å². The van der Waals surface area contributed by atoms with E-state index in [0.29, 0.717) is 12.8 Å². The number of nitrogen functional groups attached to an aromatic ring is 1. The SMILES string of the molecule is C[C@@H]1[C@H](NC(=O)/C(=N\OC2(C(=O)O)CCCC2)c2csc(N)n2)C(=O)N1c1nn[nH]n1. The van der Waals surface area contributed by atoms with E-state index in [9.17, 15) is 19.5 Å². The maximum absolute atomic E-state index is 13.0. The summed E-state index contributed by atoms with van der Waals surface area (Å²) in [4.78, 5) is 47.9. The second kappa shape index (κ2) is 7.90. The molecule has 1 aliphatic carbocycles. The third-order valence-corrected chi connectivity index (χ3v) is 6.00. The summed E-state index contributed by atoms with van der Waals surface area (Å²) in [5.74, 6) is -2.23. The number of tetrazole rings is 1. The van der Waals surface area contributed by atoms with Crippen molar-refractivity contribution in [3.05, 3.63) is 11.1 Å². The number of anilines is 2. The van der Waals surface area contributed by atoms with E-state index in [0.717, 1.165) is 11.3 Å². The fourth-order valence-corrected chi connectivity index (χ4v) is 4.13. The van der Waals surface area contributed by atoms with Gasteiger partial charge in [0.25, 0.3) is 17.8 Å². The summed E-state index contributed by atoms with van der Waals surface area (Å²) >= 11 is 1.08. The van der Waals surface area contributed by atoms with Crippen LogP contribution < -0.4 is 16.0 Å². The number of carbonyl (C=O) groups is 3. The van der Waals surface area contributed by atoms with Crippen LogP contribution >= 0.6 is 11.3 Å². The Labute approximate surface area is 178 Å². The van der Waals surface area contributed by atoms with E-state index in [-0.39, 0.29) is 35.3 Å². The number of aliphatic carboxylic acids is 1. The molecular weight excluding hydrogens is 430 g/mol. The number of nitrogens with two attached hydrogens (primary N) is 1. The van der Waals surface area contributed by atoms with Gasteiger partial charge < -0.3 is 21.0 Å². The molecule has 1 aliphatic heterocycles. The molecule has 14 nitrogen and oxygen atoms in total. The molecule has 164 valence electrons. The monoisotopic (exact) mass is 449 g/mol. The largest absolute Gasteiger partial charge is 0.478 e. The molecule has 1 saturated heterocycles. The predicted molar refractivity (Wildman–Crippen MR) is 106 cm³/mol. The standard InChI is InChI=1S/C16H19N9O5S/c1-7-9(12(27)25(7)15-20-23-24-21-15)19-11(26)10(8-6-31-14(17)18-8)22-30-16(13(28)29)4-2-3-5-16/h6-7,9H,2-5H2,1H3,(H2,17,18)(H,19,26)(H,28,29)(H,20,21,23,24)/b22-10-/t7-,9+/m1/s1. The predicted octanol–water partition coefficient (Wildman–Crippen LogP) is -0.723. The minimum atomic E-state index is -1.50. The van der Waals surface area contributed by atoms with Crippen LogP contribution in [0.4, 0.5) is 11.1 Å². The van der Waals surface area contributed by atoms with Crippen molar-refractivity contribution in [3.63, 3.8) is 0 Å². The summed E-state index contributed by atoms with van der Waals surface area (Å²) in [5, 5.41) is 30.9. The van der Waals surface area contributed by atoms with Crippen LogP contribution in [0.25, 0.3) is 0 Å². The number of nitrogens with one attached hydrogen (secondary N) is 2. The van der Waals surface area contributed by atoms with Crippen molar-refractivity contribution in [1.82, 2.24) is 30.9 Å². The highest BCUT2D eigenvalue weighted by Crippen LogP contribution is 2.34. The van der Waals surface area contributed by atoms with Crippen LogP contribution in [0.2, 0.25) is 0 Å². The Kier molecular flexibility index (Phi) is 5.26. The second-order valence-electron chi connectivity index (χ2n) is 7.22. The lowest BCUT2D eigenvalue weighted by Gasteiger charge is -2.42. The van der Waals surface area contributed by atoms with Gasteiger partial charge in [-0.2, -0.15) is 5.21 Å². The van der Waals surface area contributed by atoms with E-state index in [1.165, 1.54) is 10.3 Å². The Balaban J connectivity index is 1.54. The highest BCUT2D eigenvalue weighted by molar-refractivity contribution is 7.13. The van der Waals surface area contributed by atoms with Gasteiger partial charge in [0.05, 0.1) is 6.04 Å². The van der Waals surface area contributed by atoms with Crippen molar-refractivity contribution in [2.24, 2.45) is 5.16 Å². The fraction of sp³-hybridized carbons (Fsp3) is 0.500. The summed E-state index contributed by atoms with van der Waals surface area (Å²) in [6.45, 7) is 1.70. The summed E-state index contributed by atoms with van der Waals surface area (Å²) in [7, 11) is 0. The van der Waals surface area contributed by atoms with Gasteiger partial charge in [0, 0.05) is 18.2 Å². The van der Waals surface area contributed by atoms with Gasteiger partial charge in [0.1, 0.15) is 11.7 Å². The topological polar surface area (TPSA) is 202 Å². The van der Waals surface area contributed by atoms with Crippen molar-refractivity contribution >= 4 is 45.9 Å². The highest BCUT2D eigenvalue weighted by atomic mass is 32.1. The normalized spacial score (nSPS) is 22.8. The van der Waals surface area contributed by atoms with Crippen LogP contribution in [0.1, 0.15) is 38.3 Å². The van der Waals surface area contributed by atoms with E-state index in [2.05, 4.69) is 36.1 Å². The number of amides is 2. The molecular formula is C16H19N9O5S. The van der Waals surface area contributed by atoms with Crippen LogP contribution in [-0.4, -0.2) is 71.9 Å². The molecule has 0 radical (unpaired) electrons. The zero-order chi connectivity index (χ0) is 22.2. The van der Waals surface area contributed by atoms with E-state index in [4.69, 9.17) is 10.6 Å². The number of nitrogens with zero attached hydrogens (tertiary/aromatic N) is 6. The first kappa shape index (κ1) is 20.6. The summed E-state index contributed by atoms with van der Waals surface area (Å²) in [6.07, 6.45) is 1.90. The molecule has 2 aromatic heterocycles. The molecule has 0 unspecified atom stereocenters. The molecule has 0 spiro atoms. The van der Waals surface area contributed by atoms with Gasteiger partial charge >= 0.3 is 5.97 Å². The smallest absolute Gasteiger partial charge is 0.350 e. The van der Waals surface area contributed by atoms with Crippen LogP contribution in [0.3, 0.4) is 0 Å². The molecule has 1 saturated carbocycles. The number of hydrogen-bond acceptors (Lipinski definition) is 11. The summed E-state index contributed by atoms with van der Waals surface area (Å²) in [6, 6.07) is -1.32. The molecule has 5 N–H and O–H groups in total. The van der Waals surface area contributed by atoms with Crippen LogP contribution in [0, 0.1) is 0 Å². The van der Waals surface area contributed by atoms with Crippen LogP contribution in [0.15, 0.2) is 10.5 Å². The van der Waals surface area contributed by atoms with E-state index < -0.39 is 35.5 Å². The molecule has 2 atom stereocenters. The van der Waals surface area contributed by atoms with Crippen molar-refractivity contribution in [2.45, 2.75) is 50.3 Å². The van der Waals surface area contributed by atoms with Crippen molar-refractivity contribution < 1.29 is 24.3 Å². The average Bonchev–Trinajstić information content (AvgIpc) is 3.49. The highest BCUT2D eigenvalue weighted by Gasteiger charge is 2.49. The number of carboxylic acid groups (broad SMARTS) is 1. The third kappa shape index (κ3) is 3.67. The van der Waals surface area contributed by atoms with Crippen molar-refractivity contribution in [1.29, 1.82) is 0 Å². The number of β-lactam (4-membered cyclic amide) rings is 1. The molecule has 2 aliphatic rings. The Morgan fingerprint density at radius 2 is 2.19 bits per heavy atom. The minimum Gasteiger partial charge on any atom is -0.478 e. The number of rotatable bonds is 7. The number of aromatic nitrogens is 5. The fourth-order valence-electron chi connectivity index (χ4n) is 3.58. The summed E-state index contributed by atoms with van der Waals surface area (Å²) in [5.41, 5.74) is 4.02. The first-order valence-corrected chi connectivity index (χ1v) is 10.3. The molecule has 2 amide bonds. The zero-order valence-corrected chi connectivity index (χ0v) is 17.1. The quantitative estimate of drug-likeness (QED) is 0.237. The van der Waals surface area contributed by atoms with Crippen LogP contribution in [-0.2, 0) is 19.2 Å². The molecule has 4 rings (SSSR count). The maximum Gasteiger partial charge on any atom is 0.350 e. The van der Waals surface area contributed by atoms with E-state index in [1.807, 2.05) is 0 Å². The van der Waals surface area contributed by atoms with Crippen molar-refractivity contribution in [3.8, 4) is 0 Å².